The van der Waals surface area contributed by atoms with Gasteiger partial charge in [-0.3, -0.25) is 0 Å². The van der Waals surface area contributed by atoms with E-state index in [1.807, 2.05) is 13.0 Å². The summed E-state index contributed by atoms with van der Waals surface area (Å²) in [6, 6.07) is 8.38. The van der Waals surface area contributed by atoms with Gasteiger partial charge in [-0.25, -0.2) is 0 Å². The Labute approximate surface area is 104 Å². The van der Waals surface area contributed by atoms with Crippen LogP contribution in [0.15, 0.2) is 36.4 Å². The van der Waals surface area contributed by atoms with E-state index < -0.39 is 0 Å². The number of rotatable bonds is 4. The standard InChI is InChI=1S/C15H21NO/c1-12(2)11-17-15-8-4-3-7-14(15)13-6-5-9-16-10-13/h3-4,7-8,13,16H,1,5-6,9-11H2,2H3. The monoisotopic (exact) mass is 231 g/mol. The van der Waals surface area contributed by atoms with Crippen LogP contribution in [-0.4, -0.2) is 19.7 Å². The van der Waals surface area contributed by atoms with Gasteiger partial charge in [0.05, 0.1) is 0 Å². The summed E-state index contributed by atoms with van der Waals surface area (Å²) < 4.78 is 5.82. The number of hydrogen-bond acceptors (Lipinski definition) is 2. The molecule has 1 saturated heterocycles. The van der Waals surface area contributed by atoms with Gasteiger partial charge in [0.1, 0.15) is 12.4 Å². The molecule has 1 fully saturated rings. The van der Waals surface area contributed by atoms with Gasteiger partial charge in [0.15, 0.2) is 0 Å². The van der Waals surface area contributed by atoms with E-state index in [2.05, 4.69) is 30.1 Å². The highest BCUT2D eigenvalue weighted by Crippen LogP contribution is 2.31. The fourth-order valence-electron chi connectivity index (χ4n) is 2.27. The number of piperidine rings is 1. The van der Waals surface area contributed by atoms with Gasteiger partial charge in [0.2, 0.25) is 0 Å². The first-order chi connectivity index (χ1) is 8.27. The second kappa shape index (κ2) is 5.87. The third kappa shape index (κ3) is 3.34. The van der Waals surface area contributed by atoms with Crippen LogP contribution in [0.1, 0.15) is 31.2 Å². The minimum Gasteiger partial charge on any atom is -0.489 e. The van der Waals surface area contributed by atoms with E-state index in [9.17, 15) is 0 Å². The number of nitrogens with one attached hydrogen (secondary N) is 1. The molecule has 2 rings (SSSR count). The van der Waals surface area contributed by atoms with Crippen LogP contribution in [0.2, 0.25) is 0 Å². The Morgan fingerprint density at radius 1 is 1.47 bits per heavy atom. The van der Waals surface area contributed by atoms with Gasteiger partial charge < -0.3 is 10.1 Å². The lowest BCUT2D eigenvalue weighted by molar-refractivity contribution is 0.341. The molecule has 1 aromatic rings. The zero-order chi connectivity index (χ0) is 12.1. The van der Waals surface area contributed by atoms with Crippen LogP contribution < -0.4 is 10.1 Å². The van der Waals surface area contributed by atoms with Crippen LogP contribution in [0.4, 0.5) is 0 Å². The van der Waals surface area contributed by atoms with Gasteiger partial charge in [-0.15, -0.1) is 0 Å². The average Bonchev–Trinajstić information content (AvgIpc) is 2.38. The van der Waals surface area contributed by atoms with Crippen molar-refractivity contribution in [2.24, 2.45) is 0 Å². The third-order valence-electron chi connectivity index (χ3n) is 3.13. The number of para-hydroxylation sites is 1. The first-order valence-corrected chi connectivity index (χ1v) is 6.34. The molecule has 92 valence electrons. The summed E-state index contributed by atoms with van der Waals surface area (Å²) in [5.41, 5.74) is 2.39. The molecule has 2 heteroatoms. The number of hydrogen-bond donors (Lipinski definition) is 1. The number of ether oxygens (including phenoxy) is 1. The molecule has 1 N–H and O–H groups in total. The van der Waals surface area contributed by atoms with Crippen molar-refractivity contribution in [2.75, 3.05) is 19.7 Å². The van der Waals surface area contributed by atoms with Crippen LogP contribution in [0.5, 0.6) is 5.75 Å². The Morgan fingerprint density at radius 3 is 3.00 bits per heavy atom. The summed E-state index contributed by atoms with van der Waals surface area (Å²) in [5.74, 6) is 1.61. The van der Waals surface area contributed by atoms with E-state index >= 15 is 0 Å². The highest BCUT2D eigenvalue weighted by molar-refractivity contribution is 5.37. The quantitative estimate of drug-likeness (QED) is 0.804. The lowest BCUT2D eigenvalue weighted by Crippen LogP contribution is -2.28. The van der Waals surface area contributed by atoms with Crippen LogP contribution in [0.3, 0.4) is 0 Å². The van der Waals surface area contributed by atoms with E-state index in [0.29, 0.717) is 12.5 Å². The minimum absolute atomic E-state index is 0.588. The van der Waals surface area contributed by atoms with Crippen molar-refractivity contribution in [2.45, 2.75) is 25.7 Å². The molecule has 0 aromatic heterocycles. The van der Waals surface area contributed by atoms with Crippen molar-refractivity contribution >= 4 is 0 Å². The largest absolute Gasteiger partial charge is 0.489 e. The Morgan fingerprint density at radius 2 is 2.29 bits per heavy atom. The third-order valence-corrected chi connectivity index (χ3v) is 3.13. The average molecular weight is 231 g/mol. The first-order valence-electron chi connectivity index (χ1n) is 6.34. The molecule has 0 spiro atoms. The fourth-order valence-corrected chi connectivity index (χ4v) is 2.27. The van der Waals surface area contributed by atoms with Gasteiger partial charge >= 0.3 is 0 Å². The zero-order valence-corrected chi connectivity index (χ0v) is 10.5. The summed E-state index contributed by atoms with van der Waals surface area (Å²) >= 11 is 0. The summed E-state index contributed by atoms with van der Waals surface area (Å²) in [6.07, 6.45) is 2.50. The normalized spacial score (nSPS) is 19.9. The van der Waals surface area contributed by atoms with Crippen LogP contribution in [0, 0.1) is 0 Å². The highest BCUT2D eigenvalue weighted by Gasteiger charge is 2.18. The zero-order valence-electron chi connectivity index (χ0n) is 10.5. The molecular formula is C15H21NO. The van der Waals surface area contributed by atoms with Gasteiger partial charge in [0, 0.05) is 12.5 Å². The second-order valence-electron chi connectivity index (χ2n) is 4.83. The molecule has 1 aliphatic heterocycles. The van der Waals surface area contributed by atoms with Gasteiger partial charge in [-0.1, -0.05) is 24.8 Å². The van der Waals surface area contributed by atoms with Crippen molar-refractivity contribution in [1.29, 1.82) is 0 Å². The summed E-state index contributed by atoms with van der Waals surface area (Å²) in [4.78, 5) is 0. The maximum atomic E-state index is 5.82. The number of benzene rings is 1. The molecule has 0 bridgehead atoms. The van der Waals surface area contributed by atoms with E-state index in [1.54, 1.807) is 0 Å². The molecule has 0 amide bonds. The molecule has 1 heterocycles. The Kier molecular flexibility index (Phi) is 4.21. The smallest absolute Gasteiger partial charge is 0.123 e. The molecule has 0 radical (unpaired) electrons. The lowest BCUT2D eigenvalue weighted by Gasteiger charge is -2.25. The van der Waals surface area contributed by atoms with Crippen molar-refractivity contribution in [3.63, 3.8) is 0 Å². The van der Waals surface area contributed by atoms with Crippen LogP contribution in [0.25, 0.3) is 0 Å². The Bertz CT molecular complexity index is 380. The second-order valence-corrected chi connectivity index (χ2v) is 4.83. The lowest BCUT2D eigenvalue weighted by atomic mass is 9.91. The van der Waals surface area contributed by atoms with Gasteiger partial charge in [-0.05, 0) is 43.5 Å². The first kappa shape index (κ1) is 12.2. The SMILES string of the molecule is C=C(C)COc1ccccc1C1CCCNC1. The molecule has 1 atom stereocenters. The maximum absolute atomic E-state index is 5.82. The van der Waals surface area contributed by atoms with Gasteiger partial charge in [0.25, 0.3) is 0 Å². The van der Waals surface area contributed by atoms with Crippen molar-refractivity contribution in [3.8, 4) is 5.75 Å². The van der Waals surface area contributed by atoms with Crippen LogP contribution >= 0.6 is 0 Å². The van der Waals surface area contributed by atoms with E-state index in [0.717, 1.165) is 24.4 Å². The molecule has 1 unspecified atom stereocenters. The predicted molar refractivity (Wildman–Crippen MR) is 71.6 cm³/mol. The topological polar surface area (TPSA) is 21.3 Å². The fraction of sp³-hybridized carbons (Fsp3) is 0.467. The molecule has 17 heavy (non-hydrogen) atoms. The van der Waals surface area contributed by atoms with E-state index in [-0.39, 0.29) is 0 Å². The molecular weight excluding hydrogens is 210 g/mol. The Balaban J connectivity index is 2.11. The molecule has 0 aliphatic carbocycles. The van der Waals surface area contributed by atoms with Crippen molar-refractivity contribution in [1.82, 2.24) is 5.32 Å². The maximum Gasteiger partial charge on any atom is 0.123 e. The molecule has 0 saturated carbocycles. The predicted octanol–water partition coefficient (Wildman–Crippen LogP) is 3.11. The van der Waals surface area contributed by atoms with Crippen LogP contribution in [-0.2, 0) is 0 Å². The molecule has 1 aliphatic rings. The van der Waals surface area contributed by atoms with E-state index in [4.69, 9.17) is 4.74 Å². The summed E-state index contributed by atoms with van der Waals surface area (Å²) in [5, 5.41) is 3.45. The summed E-state index contributed by atoms with van der Waals surface area (Å²) in [7, 11) is 0. The minimum atomic E-state index is 0.588. The highest BCUT2D eigenvalue weighted by atomic mass is 16.5. The molecule has 2 nitrogen and oxygen atoms in total. The molecule has 1 aromatic carbocycles. The van der Waals surface area contributed by atoms with E-state index in [1.165, 1.54) is 18.4 Å². The van der Waals surface area contributed by atoms with Gasteiger partial charge in [-0.2, -0.15) is 0 Å². The van der Waals surface area contributed by atoms with Crippen molar-refractivity contribution < 1.29 is 4.74 Å². The van der Waals surface area contributed by atoms with Crippen molar-refractivity contribution in [3.05, 3.63) is 42.0 Å². The Hall–Kier alpha value is -1.28. The summed E-state index contributed by atoms with van der Waals surface area (Å²) in [6.45, 7) is 8.68.